The topological polar surface area (TPSA) is 101 Å². The minimum atomic E-state index is -0.687. The van der Waals surface area contributed by atoms with E-state index in [2.05, 4.69) is 20.7 Å². The molecule has 0 radical (unpaired) electrons. The Bertz CT molecular complexity index is 1010. The molecule has 0 unspecified atom stereocenters. The van der Waals surface area contributed by atoms with Crippen LogP contribution in [-0.2, 0) is 0 Å². The molecule has 2 atom stereocenters. The second-order valence-corrected chi connectivity index (χ2v) is 6.32. The summed E-state index contributed by atoms with van der Waals surface area (Å²) in [5, 5.41) is 19.7. The van der Waals surface area contributed by atoms with Crippen LogP contribution in [0.5, 0.6) is 5.75 Å². The zero-order chi connectivity index (χ0) is 19.0. The molecule has 0 saturated carbocycles. The molecule has 3 heterocycles. The van der Waals surface area contributed by atoms with E-state index in [1.807, 2.05) is 6.92 Å². The van der Waals surface area contributed by atoms with Gasteiger partial charge in [0.15, 0.2) is 5.65 Å². The van der Waals surface area contributed by atoms with Crippen LogP contribution in [0, 0.1) is 5.82 Å². The molecule has 0 saturated heterocycles. The van der Waals surface area contributed by atoms with Crippen LogP contribution in [0.4, 0.5) is 10.2 Å². The van der Waals surface area contributed by atoms with Gasteiger partial charge in [0, 0.05) is 11.8 Å². The van der Waals surface area contributed by atoms with Crippen LogP contribution in [0.25, 0.3) is 5.65 Å². The van der Waals surface area contributed by atoms with E-state index in [9.17, 15) is 14.3 Å². The second-order valence-electron chi connectivity index (χ2n) is 6.32. The normalized spacial score (nSPS) is 19.9. The van der Waals surface area contributed by atoms with Crippen molar-refractivity contribution in [2.24, 2.45) is 0 Å². The molecule has 3 aromatic rings. The van der Waals surface area contributed by atoms with E-state index in [1.54, 1.807) is 12.3 Å². The molecule has 1 aliphatic heterocycles. The van der Waals surface area contributed by atoms with Crippen molar-refractivity contribution < 1.29 is 19.0 Å². The maximum absolute atomic E-state index is 13.8. The van der Waals surface area contributed by atoms with Crippen molar-refractivity contribution in [2.75, 3.05) is 18.5 Å². The summed E-state index contributed by atoms with van der Waals surface area (Å²) in [6.07, 6.45) is 2.43. The first-order chi connectivity index (χ1) is 13.0. The fourth-order valence-corrected chi connectivity index (χ4v) is 3.00. The highest BCUT2D eigenvalue weighted by molar-refractivity contribution is 5.99. The summed E-state index contributed by atoms with van der Waals surface area (Å²) >= 11 is 0. The van der Waals surface area contributed by atoms with E-state index in [-0.39, 0.29) is 25.1 Å². The number of amides is 1. The lowest BCUT2D eigenvalue weighted by molar-refractivity contribution is 0.0869. The number of nitrogens with zero attached hydrogens (tertiary/aromatic N) is 3. The van der Waals surface area contributed by atoms with Gasteiger partial charge in [-0.15, -0.1) is 0 Å². The first-order valence-electron chi connectivity index (χ1n) is 8.51. The molecule has 1 aromatic carbocycles. The molecule has 1 amide bonds. The third kappa shape index (κ3) is 3.28. The lowest BCUT2D eigenvalue weighted by Gasteiger charge is -2.22. The maximum atomic E-state index is 13.8. The van der Waals surface area contributed by atoms with E-state index in [0.717, 1.165) is 0 Å². The smallest absolute Gasteiger partial charge is 0.256 e. The minimum Gasteiger partial charge on any atom is -0.486 e. The van der Waals surface area contributed by atoms with Gasteiger partial charge < -0.3 is 20.5 Å². The summed E-state index contributed by atoms with van der Waals surface area (Å²) in [5.74, 6) is 0.166. The summed E-state index contributed by atoms with van der Waals surface area (Å²) in [6.45, 7) is 1.61. The van der Waals surface area contributed by atoms with Crippen LogP contribution in [0.2, 0.25) is 0 Å². The first kappa shape index (κ1) is 17.2. The third-order valence-electron chi connectivity index (χ3n) is 4.40. The van der Waals surface area contributed by atoms with E-state index >= 15 is 0 Å². The number of hydrogen-bond donors (Lipinski definition) is 3. The van der Waals surface area contributed by atoms with Crippen LogP contribution < -0.4 is 15.4 Å². The predicted molar refractivity (Wildman–Crippen MR) is 95.3 cm³/mol. The summed E-state index contributed by atoms with van der Waals surface area (Å²) in [5.41, 5.74) is 1.28. The van der Waals surface area contributed by atoms with Gasteiger partial charge in [-0.3, -0.25) is 4.79 Å². The Morgan fingerprint density at radius 1 is 1.41 bits per heavy atom. The number of rotatable bonds is 1. The van der Waals surface area contributed by atoms with Crippen LogP contribution in [0.3, 0.4) is 0 Å². The molecule has 140 valence electrons. The Hall–Kier alpha value is -3.20. The van der Waals surface area contributed by atoms with Crippen molar-refractivity contribution in [3.63, 3.8) is 0 Å². The van der Waals surface area contributed by atoms with Crippen molar-refractivity contribution in [1.29, 1.82) is 0 Å². The number of aliphatic hydroxyl groups is 1. The fourth-order valence-electron chi connectivity index (χ4n) is 3.00. The summed E-state index contributed by atoms with van der Waals surface area (Å²) in [4.78, 5) is 17.0. The van der Waals surface area contributed by atoms with Gasteiger partial charge >= 0.3 is 0 Å². The number of aliphatic hydroxyl groups excluding tert-OH is 1. The van der Waals surface area contributed by atoms with Crippen molar-refractivity contribution in [1.82, 2.24) is 19.9 Å². The fraction of sp³-hybridized carbons (Fsp3) is 0.278. The molecule has 3 N–H and O–H groups in total. The highest BCUT2D eigenvalue weighted by Gasteiger charge is 2.21. The molecule has 9 heteroatoms. The zero-order valence-corrected chi connectivity index (χ0v) is 14.5. The highest BCUT2D eigenvalue weighted by atomic mass is 19.1. The van der Waals surface area contributed by atoms with Gasteiger partial charge in [-0.1, -0.05) is 0 Å². The van der Waals surface area contributed by atoms with Gasteiger partial charge in [-0.05, 0) is 31.2 Å². The van der Waals surface area contributed by atoms with E-state index in [4.69, 9.17) is 4.74 Å². The number of nitrogens with one attached hydrogen (secondary N) is 2. The number of anilines is 1. The molecule has 2 aromatic heterocycles. The van der Waals surface area contributed by atoms with Crippen molar-refractivity contribution in [2.45, 2.75) is 19.1 Å². The van der Waals surface area contributed by atoms with Crippen molar-refractivity contribution in [3.05, 3.63) is 53.6 Å². The number of aromatic nitrogens is 3. The molecule has 1 aliphatic rings. The summed E-state index contributed by atoms with van der Waals surface area (Å²) in [6, 6.07) is 5.56. The number of hydrogen-bond acceptors (Lipinski definition) is 6. The molecule has 0 spiro atoms. The number of ether oxygens (including phenoxy) is 1. The van der Waals surface area contributed by atoms with Crippen LogP contribution in [-0.4, -0.2) is 44.9 Å². The van der Waals surface area contributed by atoms with Crippen LogP contribution >= 0.6 is 0 Å². The van der Waals surface area contributed by atoms with Gasteiger partial charge in [0.2, 0.25) is 0 Å². The number of carbonyl (C=O) groups excluding carboxylic acids is 1. The van der Waals surface area contributed by atoms with Crippen LogP contribution in [0.1, 0.15) is 28.9 Å². The average Bonchev–Trinajstić information content (AvgIpc) is 3.08. The lowest BCUT2D eigenvalue weighted by Crippen LogP contribution is -2.37. The lowest BCUT2D eigenvalue weighted by atomic mass is 10.1. The minimum absolute atomic E-state index is 0.0744. The maximum Gasteiger partial charge on any atom is 0.256 e. The van der Waals surface area contributed by atoms with E-state index in [0.29, 0.717) is 28.3 Å². The first-order valence-corrected chi connectivity index (χ1v) is 8.51. The quantitative estimate of drug-likeness (QED) is 0.600. The zero-order valence-electron chi connectivity index (χ0n) is 14.5. The molecule has 8 nitrogen and oxygen atoms in total. The van der Waals surface area contributed by atoms with Gasteiger partial charge in [0.05, 0.1) is 25.4 Å². The Morgan fingerprint density at radius 2 is 2.26 bits per heavy atom. The van der Waals surface area contributed by atoms with Crippen molar-refractivity contribution in [3.8, 4) is 5.75 Å². The van der Waals surface area contributed by atoms with Gasteiger partial charge in [0.1, 0.15) is 29.1 Å². The van der Waals surface area contributed by atoms with Gasteiger partial charge in [-0.25, -0.2) is 13.9 Å². The molecular formula is C18H18FN5O3. The molecular weight excluding hydrogens is 353 g/mol. The third-order valence-corrected chi connectivity index (χ3v) is 4.40. The predicted octanol–water partition coefficient (Wildman–Crippen LogP) is 1.52. The van der Waals surface area contributed by atoms with Crippen molar-refractivity contribution >= 4 is 17.4 Å². The Morgan fingerprint density at radius 3 is 3.07 bits per heavy atom. The Labute approximate surface area is 154 Å². The number of benzene rings is 1. The molecule has 0 fully saturated rings. The number of carbonyl (C=O) groups is 1. The van der Waals surface area contributed by atoms with Crippen LogP contribution in [0.15, 0.2) is 36.7 Å². The molecule has 27 heavy (non-hydrogen) atoms. The second kappa shape index (κ2) is 6.84. The Balaban J connectivity index is 1.82. The molecule has 2 bridgehead atoms. The molecule has 4 rings (SSSR count). The number of halogens is 1. The van der Waals surface area contributed by atoms with E-state index < -0.39 is 11.9 Å². The standard InChI is InChI=1S/C18H18FN5O3/c1-10-13-6-11(19)2-3-15(13)27-12(9-25)7-20-18(26)14-8-21-24-5-4-16(22-10)23-17(14)24/h2-6,8,10,12,25H,7,9H2,1H3,(H,20,26)(H,22,23)/t10-,12-/m1/s1. The largest absolute Gasteiger partial charge is 0.486 e. The number of fused-ring (bicyclic) bond motifs is 2. The summed E-state index contributed by atoms with van der Waals surface area (Å²) in [7, 11) is 0. The Kier molecular flexibility index (Phi) is 4.36. The van der Waals surface area contributed by atoms with Gasteiger partial charge in [-0.2, -0.15) is 5.10 Å². The highest BCUT2D eigenvalue weighted by Crippen LogP contribution is 2.29. The van der Waals surface area contributed by atoms with E-state index in [1.165, 1.54) is 28.9 Å². The summed E-state index contributed by atoms with van der Waals surface area (Å²) < 4.78 is 21.2. The van der Waals surface area contributed by atoms with Gasteiger partial charge in [0.25, 0.3) is 5.91 Å². The monoisotopic (exact) mass is 371 g/mol. The SMILES string of the molecule is C[C@H]1Nc2ccn3ncc(c3n2)C(=O)NC[C@H](CO)Oc2ccc(F)cc21. The average molecular weight is 371 g/mol. The molecule has 0 aliphatic carbocycles.